The summed E-state index contributed by atoms with van der Waals surface area (Å²) in [4.78, 5) is 0. The molecule has 0 saturated carbocycles. The minimum Gasteiger partial charge on any atom is -0.492 e. The van der Waals surface area contributed by atoms with Gasteiger partial charge in [-0.05, 0) is 46.1 Å². The van der Waals surface area contributed by atoms with E-state index in [9.17, 15) is 0 Å². The maximum absolute atomic E-state index is 8.38. The van der Waals surface area contributed by atoms with E-state index in [1.54, 1.807) is 0 Å². The smallest absolute Gasteiger partial charge is 0.133 e. The maximum Gasteiger partial charge on any atom is 0.133 e. The first-order valence-electron chi connectivity index (χ1n) is 4.87. The second kappa shape index (κ2) is 6.45. The molecule has 1 aromatic carbocycles. The Kier molecular flexibility index (Phi) is 5.18. The van der Waals surface area contributed by atoms with Crippen molar-refractivity contribution >= 4 is 22.1 Å². The monoisotopic (exact) mass is 271 g/mol. The van der Waals surface area contributed by atoms with Gasteiger partial charge in [-0.15, -0.1) is 0 Å². The molecule has 0 bridgehead atoms. The molecular weight excluding hydrogens is 258 g/mol. The average Bonchev–Trinajstić information content (AvgIpc) is 2.22. The van der Waals surface area contributed by atoms with Crippen LogP contribution in [0.4, 0.5) is 0 Å². The van der Waals surface area contributed by atoms with E-state index in [0.717, 1.165) is 35.2 Å². The van der Waals surface area contributed by atoms with Gasteiger partial charge in [-0.25, -0.2) is 0 Å². The van der Waals surface area contributed by atoms with Gasteiger partial charge in [-0.2, -0.15) is 0 Å². The highest BCUT2D eigenvalue weighted by Gasteiger charge is 2.01. The summed E-state index contributed by atoms with van der Waals surface area (Å²) in [5.74, 6) is 0.818. The van der Waals surface area contributed by atoms with Gasteiger partial charge in [0.2, 0.25) is 0 Å². The van der Waals surface area contributed by atoms with E-state index in [4.69, 9.17) is 9.94 Å². The maximum atomic E-state index is 8.38. The number of hydrogen-bond donors (Lipinski definition) is 1. The van der Waals surface area contributed by atoms with Crippen LogP contribution < -0.4 is 4.74 Å². The molecule has 0 aliphatic rings. The fraction of sp³-hybridized carbons (Fsp3) is 0.364. The second-order valence-electron chi connectivity index (χ2n) is 3.14. The molecule has 1 N–H and O–H groups in total. The van der Waals surface area contributed by atoms with E-state index in [0.29, 0.717) is 0 Å². The highest BCUT2D eigenvalue weighted by Crippen LogP contribution is 2.25. The van der Waals surface area contributed by atoms with Crippen molar-refractivity contribution in [3.63, 3.8) is 0 Å². The lowest BCUT2D eigenvalue weighted by Gasteiger charge is -2.07. The van der Waals surface area contributed by atoms with Crippen molar-refractivity contribution in [2.45, 2.75) is 19.8 Å². The Balaban J connectivity index is 2.66. The van der Waals surface area contributed by atoms with Gasteiger partial charge in [0.05, 0.1) is 17.3 Å². The highest BCUT2D eigenvalue weighted by atomic mass is 79.9. The lowest BCUT2D eigenvalue weighted by molar-refractivity contribution is 0.307. The zero-order valence-electron chi connectivity index (χ0n) is 8.61. The quantitative estimate of drug-likeness (QED) is 0.386. The molecule has 0 aromatic heterocycles. The predicted octanol–water partition coefficient (Wildman–Crippen LogP) is 3.44. The standard InChI is InChI=1S/C11H14BrNO2/c1-2-3-6-15-11-5-4-9(8-13-14)7-10(11)12/h4-5,7-8,14H,2-3,6H2,1H3/b13-8+. The van der Waals surface area contributed by atoms with Crippen molar-refractivity contribution in [1.29, 1.82) is 0 Å². The van der Waals surface area contributed by atoms with Crippen LogP contribution in [0.15, 0.2) is 27.8 Å². The number of benzene rings is 1. The molecule has 0 saturated heterocycles. The number of hydrogen-bond acceptors (Lipinski definition) is 3. The summed E-state index contributed by atoms with van der Waals surface area (Å²) in [7, 11) is 0. The van der Waals surface area contributed by atoms with Crippen molar-refractivity contribution in [1.82, 2.24) is 0 Å². The van der Waals surface area contributed by atoms with Crippen molar-refractivity contribution < 1.29 is 9.94 Å². The van der Waals surface area contributed by atoms with Gasteiger partial charge in [0.15, 0.2) is 0 Å². The molecule has 15 heavy (non-hydrogen) atoms. The molecule has 0 unspecified atom stereocenters. The number of oxime groups is 1. The molecule has 0 heterocycles. The highest BCUT2D eigenvalue weighted by molar-refractivity contribution is 9.10. The lowest BCUT2D eigenvalue weighted by atomic mass is 10.2. The number of ether oxygens (including phenoxy) is 1. The van der Waals surface area contributed by atoms with Crippen molar-refractivity contribution in [2.75, 3.05) is 6.61 Å². The first kappa shape index (κ1) is 12.0. The lowest BCUT2D eigenvalue weighted by Crippen LogP contribution is -1.97. The molecule has 0 spiro atoms. The molecule has 0 aliphatic heterocycles. The minimum atomic E-state index is 0.725. The van der Waals surface area contributed by atoms with Gasteiger partial charge in [0, 0.05) is 0 Å². The molecule has 0 fully saturated rings. The number of nitrogens with zero attached hydrogens (tertiary/aromatic N) is 1. The minimum absolute atomic E-state index is 0.725. The van der Waals surface area contributed by atoms with Gasteiger partial charge < -0.3 is 9.94 Å². The zero-order chi connectivity index (χ0) is 11.1. The van der Waals surface area contributed by atoms with Crippen LogP contribution in [0.1, 0.15) is 25.3 Å². The topological polar surface area (TPSA) is 41.8 Å². The fourth-order valence-corrected chi connectivity index (χ4v) is 1.62. The number of halogens is 1. The van der Waals surface area contributed by atoms with E-state index in [-0.39, 0.29) is 0 Å². The zero-order valence-corrected chi connectivity index (χ0v) is 10.2. The number of unbranched alkanes of at least 4 members (excludes halogenated alkanes) is 1. The number of rotatable bonds is 5. The summed E-state index contributed by atoms with van der Waals surface area (Å²) < 4.78 is 6.43. The Hall–Kier alpha value is -1.03. The van der Waals surface area contributed by atoms with Gasteiger partial charge in [0.1, 0.15) is 5.75 Å². The van der Waals surface area contributed by atoms with E-state index < -0.39 is 0 Å². The largest absolute Gasteiger partial charge is 0.492 e. The average molecular weight is 272 g/mol. The first-order chi connectivity index (χ1) is 7.27. The van der Waals surface area contributed by atoms with Gasteiger partial charge in [-0.3, -0.25) is 0 Å². The van der Waals surface area contributed by atoms with Crippen molar-refractivity contribution in [3.8, 4) is 5.75 Å². The molecule has 0 aliphatic carbocycles. The van der Waals surface area contributed by atoms with E-state index in [1.165, 1.54) is 6.21 Å². The Bertz CT molecular complexity index is 339. The Labute approximate surface area is 97.9 Å². The van der Waals surface area contributed by atoms with E-state index in [2.05, 4.69) is 28.0 Å². The molecule has 1 aromatic rings. The first-order valence-corrected chi connectivity index (χ1v) is 5.67. The molecule has 3 nitrogen and oxygen atoms in total. The summed E-state index contributed by atoms with van der Waals surface area (Å²) >= 11 is 3.40. The SMILES string of the molecule is CCCCOc1ccc(/C=N/O)cc1Br. The third-order valence-electron chi connectivity index (χ3n) is 1.92. The third-order valence-corrected chi connectivity index (χ3v) is 2.54. The Morgan fingerprint density at radius 2 is 2.33 bits per heavy atom. The van der Waals surface area contributed by atoms with Crippen LogP contribution in [-0.2, 0) is 0 Å². The summed E-state index contributed by atoms with van der Waals surface area (Å²) in [6.07, 6.45) is 3.54. The van der Waals surface area contributed by atoms with Crippen LogP contribution in [0.5, 0.6) is 5.75 Å². The van der Waals surface area contributed by atoms with Crippen molar-refractivity contribution in [2.24, 2.45) is 5.16 Å². The molecule has 4 heteroatoms. The van der Waals surface area contributed by atoms with Crippen LogP contribution in [-0.4, -0.2) is 18.0 Å². The summed E-state index contributed by atoms with van der Waals surface area (Å²) in [6, 6.07) is 5.55. The van der Waals surface area contributed by atoms with E-state index >= 15 is 0 Å². The van der Waals surface area contributed by atoms with Gasteiger partial charge >= 0.3 is 0 Å². The van der Waals surface area contributed by atoms with Gasteiger partial charge in [0.25, 0.3) is 0 Å². The molecular formula is C11H14BrNO2. The third kappa shape index (κ3) is 3.91. The van der Waals surface area contributed by atoms with E-state index in [1.807, 2.05) is 18.2 Å². The van der Waals surface area contributed by atoms with Crippen molar-refractivity contribution in [3.05, 3.63) is 28.2 Å². The summed E-state index contributed by atoms with van der Waals surface area (Å²) in [5.41, 5.74) is 0.826. The summed E-state index contributed by atoms with van der Waals surface area (Å²) in [6.45, 7) is 2.85. The summed E-state index contributed by atoms with van der Waals surface area (Å²) in [5, 5.41) is 11.3. The van der Waals surface area contributed by atoms with Crippen LogP contribution in [0.25, 0.3) is 0 Å². The molecule has 1 rings (SSSR count). The van der Waals surface area contributed by atoms with Crippen LogP contribution in [0.2, 0.25) is 0 Å². The Morgan fingerprint density at radius 1 is 1.53 bits per heavy atom. The molecule has 0 amide bonds. The molecule has 82 valence electrons. The normalized spacial score (nSPS) is 10.8. The second-order valence-corrected chi connectivity index (χ2v) is 3.99. The Morgan fingerprint density at radius 3 is 2.93 bits per heavy atom. The molecule has 0 radical (unpaired) electrons. The molecule has 0 atom stereocenters. The predicted molar refractivity (Wildman–Crippen MR) is 63.9 cm³/mol. The van der Waals surface area contributed by atoms with Crippen LogP contribution in [0.3, 0.4) is 0 Å². The fourth-order valence-electron chi connectivity index (χ4n) is 1.11. The van der Waals surface area contributed by atoms with Crippen LogP contribution >= 0.6 is 15.9 Å². The van der Waals surface area contributed by atoms with Gasteiger partial charge in [-0.1, -0.05) is 18.5 Å². The van der Waals surface area contributed by atoms with Crippen LogP contribution in [0, 0.1) is 0 Å².